The second-order valence-corrected chi connectivity index (χ2v) is 15.0. The van der Waals surface area contributed by atoms with Gasteiger partial charge in [0.25, 0.3) is 40.5 Å². The largest absolute Gasteiger partial charge is 0.506 e. The van der Waals surface area contributed by atoms with Crippen LogP contribution >= 0.6 is 0 Å². The van der Waals surface area contributed by atoms with Gasteiger partial charge in [0.1, 0.15) is 32.7 Å². The van der Waals surface area contributed by atoms with Gasteiger partial charge in [-0.1, -0.05) is 24.3 Å². The van der Waals surface area contributed by atoms with Crippen molar-refractivity contribution < 1.29 is 62.1 Å². The molecule has 0 atom stereocenters. The van der Waals surface area contributed by atoms with E-state index in [4.69, 9.17) is 0 Å². The summed E-state index contributed by atoms with van der Waals surface area (Å²) in [6.45, 7) is 0. The quantitative estimate of drug-likeness (QED) is 0.0701. The van der Waals surface area contributed by atoms with Crippen molar-refractivity contribution in [2.75, 3.05) is 0 Å². The van der Waals surface area contributed by atoms with Crippen molar-refractivity contribution in [3.8, 4) is 11.5 Å². The number of aromatic hydroxyl groups is 2. The van der Waals surface area contributed by atoms with Gasteiger partial charge in [0, 0.05) is 0 Å². The molecule has 252 valence electrons. The first-order valence-electron chi connectivity index (χ1n) is 12.5. The van der Waals surface area contributed by atoms with Gasteiger partial charge < -0.3 is 10.2 Å². The van der Waals surface area contributed by atoms with Gasteiger partial charge >= 0.3 is 0 Å². The average molecular weight is 741 g/mol. The molecule has 22 heteroatoms. The van der Waals surface area contributed by atoms with Crippen LogP contribution in [0.15, 0.2) is 113 Å². The van der Waals surface area contributed by atoms with Crippen molar-refractivity contribution in [3.63, 3.8) is 0 Å². The Balaban J connectivity index is 1.69. The lowest BCUT2D eigenvalue weighted by atomic mass is 10.1. The predicted molar refractivity (Wildman–Crippen MR) is 166 cm³/mol. The van der Waals surface area contributed by atoms with E-state index in [1.165, 1.54) is 12.1 Å². The van der Waals surface area contributed by atoms with E-state index in [0.29, 0.717) is 0 Å². The molecule has 0 spiro atoms. The van der Waals surface area contributed by atoms with Gasteiger partial charge in [0.2, 0.25) is 0 Å². The van der Waals surface area contributed by atoms with Crippen LogP contribution < -0.4 is 0 Å². The minimum absolute atomic E-state index is 0.202. The molecule has 0 heterocycles. The van der Waals surface area contributed by atoms with Crippen molar-refractivity contribution in [1.82, 2.24) is 0 Å². The van der Waals surface area contributed by atoms with Crippen LogP contribution in [0.2, 0.25) is 0 Å². The van der Waals surface area contributed by atoms with Crippen LogP contribution in [0.4, 0.5) is 22.7 Å². The minimum Gasteiger partial charge on any atom is -0.506 e. The summed E-state index contributed by atoms with van der Waals surface area (Å²) >= 11 is 0. The molecule has 4 aromatic carbocycles. The maximum atomic E-state index is 12.2. The lowest BCUT2D eigenvalue weighted by Crippen LogP contribution is -2.01. The second kappa shape index (κ2) is 13.3. The molecule has 4 rings (SSSR count). The van der Waals surface area contributed by atoms with E-state index in [1.807, 2.05) is 0 Å². The van der Waals surface area contributed by atoms with Crippen LogP contribution in [0.25, 0.3) is 12.2 Å². The number of benzene rings is 4. The zero-order valence-electron chi connectivity index (χ0n) is 23.5. The summed E-state index contributed by atoms with van der Waals surface area (Å²) in [4.78, 5) is -2.70. The summed E-state index contributed by atoms with van der Waals surface area (Å²) in [6, 6.07) is 11.6. The van der Waals surface area contributed by atoms with Gasteiger partial charge in [-0.25, -0.2) is 0 Å². The molecular formula is C26H20N4O14S4. The van der Waals surface area contributed by atoms with Gasteiger partial charge in [-0.3, -0.25) is 18.2 Å². The predicted octanol–water partition coefficient (Wildman–Crippen LogP) is 5.09. The maximum Gasteiger partial charge on any atom is 0.295 e. The molecular weight excluding hydrogens is 721 g/mol. The Morgan fingerprint density at radius 1 is 0.438 bits per heavy atom. The fraction of sp³-hybridized carbons (Fsp3) is 0. The molecule has 6 N–H and O–H groups in total. The SMILES string of the molecule is O=S(=O)(O)c1ccc(O)c(N=Nc2ccc(/C=C/c3ccc(N=Nc4cc(S(=O)(=O)O)ccc4O)cc3S(=O)(=O)O)c(S(=O)(=O)O)c2)c1. The molecule has 0 aliphatic heterocycles. The topological polar surface area (TPSA) is 307 Å². The third kappa shape index (κ3) is 8.90. The first kappa shape index (κ1) is 35.9. The standard InChI is InChI=1S/C26H20N4O14S4/c31-23-9-7-19(45(33,34)35)13-21(23)29-27-17-5-3-15(25(11-17)47(39,40)41)1-2-16-4-6-18(12-26(16)48(42,43)44)28-30-22-14-20(46(36,37)38)8-10-24(22)32/h1-14,31-32H,(H,33,34,35)(H,36,37,38)(H,39,40,41)(H,42,43,44)/b2-1+,29-27?,30-28?. The van der Waals surface area contributed by atoms with E-state index in [1.54, 1.807) is 0 Å². The lowest BCUT2D eigenvalue weighted by Gasteiger charge is -2.07. The summed E-state index contributed by atoms with van der Waals surface area (Å²) in [5, 5.41) is 34.6. The van der Waals surface area contributed by atoms with Gasteiger partial charge in [-0.15, -0.1) is 10.2 Å². The van der Waals surface area contributed by atoms with E-state index in [-0.39, 0.29) is 22.5 Å². The summed E-state index contributed by atoms with van der Waals surface area (Å²) in [6.07, 6.45) is 2.13. The minimum atomic E-state index is -4.96. The van der Waals surface area contributed by atoms with Gasteiger partial charge in [-0.05, 0) is 71.8 Å². The molecule has 0 aliphatic rings. The highest BCUT2D eigenvalue weighted by molar-refractivity contribution is 7.86. The zero-order chi connectivity index (χ0) is 35.7. The van der Waals surface area contributed by atoms with Crippen LogP contribution in [0.1, 0.15) is 11.1 Å². The molecule has 0 radical (unpaired) electrons. The Kier molecular flexibility index (Phi) is 9.94. The van der Waals surface area contributed by atoms with E-state index >= 15 is 0 Å². The summed E-state index contributed by atoms with van der Waals surface area (Å²) < 4.78 is 132. The molecule has 0 bridgehead atoms. The van der Waals surface area contributed by atoms with E-state index in [2.05, 4.69) is 20.5 Å². The number of azo groups is 2. The molecule has 0 saturated carbocycles. The van der Waals surface area contributed by atoms with Crippen LogP contribution in [-0.4, -0.2) is 62.1 Å². The normalized spacial score (nSPS) is 13.2. The molecule has 48 heavy (non-hydrogen) atoms. The van der Waals surface area contributed by atoms with Crippen molar-refractivity contribution in [1.29, 1.82) is 0 Å². The van der Waals surface area contributed by atoms with Crippen molar-refractivity contribution >= 4 is 75.4 Å². The third-order valence-corrected chi connectivity index (χ3v) is 9.55. The van der Waals surface area contributed by atoms with Gasteiger partial charge in [0.15, 0.2) is 0 Å². The van der Waals surface area contributed by atoms with Crippen LogP contribution in [-0.2, 0) is 40.5 Å². The summed E-state index contributed by atoms with van der Waals surface area (Å²) in [5.74, 6) is -1.07. The lowest BCUT2D eigenvalue weighted by molar-refractivity contribution is 0.472. The fourth-order valence-corrected chi connectivity index (χ4v) is 6.19. The van der Waals surface area contributed by atoms with E-state index < -0.39 is 82.9 Å². The summed E-state index contributed by atoms with van der Waals surface area (Å²) in [7, 11) is -19.2. The second-order valence-electron chi connectivity index (χ2n) is 9.38. The Hall–Kier alpha value is -4.94. The summed E-state index contributed by atoms with van der Waals surface area (Å²) in [5.41, 5.74) is -1.65. The first-order valence-corrected chi connectivity index (χ1v) is 18.2. The van der Waals surface area contributed by atoms with Gasteiger partial charge in [-0.2, -0.15) is 43.9 Å². The molecule has 4 aromatic rings. The monoisotopic (exact) mass is 740 g/mol. The molecule has 18 nitrogen and oxygen atoms in total. The fourth-order valence-electron chi connectivity index (χ4n) is 3.78. The highest BCUT2D eigenvalue weighted by Gasteiger charge is 2.19. The number of phenols is 2. The van der Waals surface area contributed by atoms with Crippen molar-refractivity contribution in [3.05, 3.63) is 83.9 Å². The number of nitrogens with zero attached hydrogens (tertiary/aromatic N) is 4. The molecule has 0 aliphatic carbocycles. The highest BCUT2D eigenvalue weighted by atomic mass is 32.2. The van der Waals surface area contributed by atoms with Crippen molar-refractivity contribution in [2.45, 2.75) is 19.6 Å². The molecule has 0 amide bonds. The Morgan fingerprint density at radius 3 is 1.10 bits per heavy atom. The molecule has 0 unspecified atom stereocenters. The smallest absolute Gasteiger partial charge is 0.295 e. The van der Waals surface area contributed by atoms with E-state index in [9.17, 15) is 62.1 Å². The van der Waals surface area contributed by atoms with Crippen LogP contribution in [0.3, 0.4) is 0 Å². The zero-order valence-corrected chi connectivity index (χ0v) is 26.7. The van der Waals surface area contributed by atoms with Crippen LogP contribution in [0, 0.1) is 0 Å². The average Bonchev–Trinajstić information content (AvgIpc) is 2.97. The van der Waals surface area contributed by atoms with Gasteiger partial charge in [0.05, 0.1) is 21.2 Å². The highest BCUT2D eigenvalue weighted by Crippen LogP contribution is 2.34. The maximum absolute atomic E-state index is 12.2. The Bertz CT molecular complexity index is 2310. The Labute approximate surface area is 272 Å². The van der Waals surface area contributed by atoms with E-state index in [0.717, 1.165) is 72.8 Å². The van der Waals surface area contributed by atoms with Crippen LogP contribution in [0.5, 0.6) is 11.5 Å². The molecule has 0 aromatic heterocycles. The van der Waals surface area contributed by atoms with Crippen molar-refractivity contribution in [2.24, 2.45) is 20.5 Å². The number of hydrogen-bond donors (Lipinski definition) is 6. The number of hydrogen-bond acceptors (Lipinski definition) is 14. The Morgan fingerprint density at radius 2 is 0.792 bits per heavy atom. The molecule has 0 saturated heterocycles. The molecule has 0 fully saturated rings. The number of rotatable bonds is 10. The third-order valence-electron chi connectivity index (χ3n) is 6.03. The number of phenolic OH excluding ortho intramolecular Hbond substituents is 2. The first-order chi connectivity index (χ1) is 22.1.